The van der Waals surface area contributed by atoms with E-state index in [9.17, 15) is 9.18 Å². The van der Waals surface area contributed by atoms with E-state index in [1.165, 1.54) is 17.0 Å². The minimum Gasteiger partial charge on any atom is -0.481 e. The predicted molar refractivity (Wildman–Crippen MR) is 80.2 cm³/mol. The average Bonchev–Trinajstić information content (AvgIpc) is 2.76. The Balaban J connectivity index is 1.73. The van der Waals surface area contributed by atoms with Crippen molar-refractivity contribution in [2.75, 3.05) is 13.2 Å². The van der Waals surface area contributed by atoms with Crippen LogP contribution in [0.3, 0.4) is 0 Å². The Kier molecular flexibility index (Phi) is 5.27. The number of thiazole rings is 1. The van der Waals surface area contributed by atoms with Crippen molar-refractivity contribution in [3.63, 3.8) is 0 Å². The molecule has 0 bridgehead atoms. The van der Waals surface area contributed by atoms with E-state index in [0.717, 1.165) is 17.1 Å². The van der Waals surface area contributed by atoms with Gasteiger partial charge in [0.2, 0.25) is 0 Å². The van der Waals surface area contributed by atoms with Gasteiger partial charge in [-0.15, -0.1) is 11.3 Å². The van der Waals surface area contributed by atoms with Gasteiger partial charge >= 0.3 is 0 Å². The molecular weight excluding hydrogens is 291 g/mol. The SMILES string of the molecule is Cc1nc(C)c(CCNC(=O)COc2ccccc2F)s1. The highest BCUT2D eigenvalue weighted by Crippen LogP contribution is 2.17. The number of hydrogen-bond acceptors (Lipinski definition) is 4. The highest BCUT2D eigenvalue weighted by molar-refractivity contribution is 7.11. The fourth-order valence-electron chi connectivity index (χ4n) is 1.88. The number of aromatic nitrogens is 1. The summed E-state index contributed by atoms with van der Waals surface area (Å²) < 4.78 is 18.4. The smallest absolute Gasteiger partial charge is 0.257 e. The molecule has 0 radical (unpaired) electrons. The third-order valence-electron chi connectivity index (χ3n) is 2.87. The molecule has 1 aromatic heterocycles. The van der Waals surface area contributed by atoms with E-state index in [2.05, 4.69) is 10.3 Å². The van der Waals surface area contributed by atoms with Gasteiger partial charge in [-0.3, -0.25) is 4.79 Å². The Bertz CT molecular complexity index is 628. The third-order valence-corrected chi connectivity index (χ3v) is 4.00. The van der Waals surface area contributed by atoms with Crippen molar-refractivity contribution in [2.45, 2.75) is 20.3 Å². The number of halogens is 1. The normalized spacial score (nSPS) is 10.4. The van der Waals surface area contributed by atoms with Gasteiger partial charge in [-0.05, 0) is 26.0 Å². The van der Waals surface area contributed by atoms with Crippen LogP contribution in [0.15, 0.2) is 24.3 Å². The molecule has 1 N–H and O–H groups in total. The third kappa shape index (κ3) is 4.53. The molecule has 0 aliphatic heterocycles. The maximum atomic E-state index is 13.3. The van der Waals surface area contributed by atoms with Gasteiger partial charge in [-0.1, -0.05) is 12.1 Å². The van der Waals surface area contributed by atoms with Gasteiger partial charge in [0.1, 0.15) is 0 Å². The number of para-hydroxylation sites is 1. The molecule has 6 heteroatoms. The Morgan fingerprint density at radius 3 is 2.81 bits per heavy atom. The van der Waals surface area contributed by atoms with Crippen molar-refractivity contribution in [3.8, 4) is 5.75 Å². The number of carbonyl (C=O) groups excluding carboxylic acids is 1. The van der Waals surface area contributed by atoms with E-state index in [0.29, 0.717) is 6.54 Å². The van der Waals surface area contributed by atoms with E-state index < -0.39 is 5.82 Å². The number of nitrogens with one attached hydrogen (secondary N) is 1. The molecule has 1 amide bonds. The number of aryl methyl sites for hydroxylation is 2. The molecule has 1 heterocycles. The second-order valence-electron chi connectivity index (χ2n) is 4.56. The first kappa shape index (κ1) is 15.4. The molecule has 112 valence electrons. The number of carbonyl (C=O) groups is 1. The number of benzene rings is 1. The second-order valence-corrected chi connectivity index (χ2v) is 5.85. The standard InChI is InChI=1S/C15H17FN2O2S/c1-10-14(21-11(2)18-10)7-8-17-15(19)9-20-13-6-4-3-5-12(13)16/h3-6H,7-9H2,1-2H3,(H,17,19). The van der Waals surface area contributed by atoms with Gasteiger partial charge in [0.25, 0.3) is 5.91 Å². The molecule has 0 atom stereocenters. The van der Waals surface area contributed by atoms with E-state index in [1.54, 1.807) is 23.5 Å². The zero-order chi connectivity index (χ0) is 15.2. The fourth-order valence-corrected chi connectivity index (χ4v) is 2.81. The van der Waals surface area contributed by atoms with Crippen LogP contribution in [0.5, 0.6) is 5.75 Å². The average molecular weight is 308 g/mol. The predicted octanol–water partition coefficient (Wildman–Crippen LogP) is 2.64. The summed E-state index contributed by atoms with van der Waals surface area (Å²) in [6.07, 6.45) is 0.739. The summed E-state index contributed by atoms with van der Waals surface area (Å²) in [7, 11) is 0. The minimum atomic E-state index is -0.471. The van der Waals surface area contributed by atoms with Crippen LogP contribution in [0, 0.1) is 19.7 Å². The van der Waals surface area contributed by atoms with Crippen LogP contribution in [0.2, 0.25) is 0 Å². The van der Waals surface area contributed by atoms with Crippen molar-refractivity contribution in [1.29, 1.82) is 0 Å². The first-order valence-corrected chi connectivity index (χ1v) is 7.45. The number of nitrogens with zero attached hydrogens (tertiary/aromatic N) is 1. The molecule has 21 heavy (non-hydrogen) atoms. The second kappa shape index (κ2) is 7.17. The van der Waals surface area contributed by atoms with Gasteiger partial charge in [0.05, 0.1) is 10.7 Å². The molecule has 1 aromatic carbocycles. The Hall–Kier alpha value is -1.95. The molecule has 0 saturated heterocycles. The molecular formula is C15H17FN2O2S. The van der Waals surface area contributed by atoms with Crippen LogP contribution >= 0.6 is 11.3 Å². The lowest BCUT2D eigenvalue weighted by molar-refractivity contribution is -0.123. The summed E-state index contributed by atoms with van der Waals surface area (Å²) >= 11 is 1.63. The summed E-state index contributed by atoms with van der Waals surface area (Å²) in [6, 6.07) is 6.01. The van der Waals surface area contributed by atoms with Gasteiger partial charge in [-0.2, -0.15) is 0 Å². The van der Waals surface area contributed by atoms with E-state index in [-0.39, 0.29) is 18.3 Å². The van der Waals surface area contributed by atoms with E-state index in [1.807, 2.05) is 13.8 Å². The maximum Gasteiger partial charge on any atom is 0.257 e. The molecule has 2 aromatic rings. The lowest BCUT2D eigenvalue weighted by Crippen LogP contribution is -2.30. The largest absolute Gasteiger partial charge is 0.481 e. The van der Waals surface area contributed by atoms with Crippen LogP contribution in [0.25, 0.3) is 0 Å². The zero-order valence-corrected chi connectivity index (χ0v) is 12.8. The Labute approximate surface area is 127 Å². The van der Waals surface area contributed by atoms with Gasteiger partial charge in [-0.25, -0.2) is 9.37 Å². The molecule has 4 nitrogen and oxygen atoms in total. The monoisotopic (exact) mass is 308 g/mol. The first-order chi connectivity index (χ1) is 10.1. The van der Waals surface area contributed by atoms with Crippen LogP contribution in [0.4, 0.5) is 4.39 Å². The summed E-state index contributed by atoms with van der Waals surface area (Å²) in [5.74, 6) is -0.653. The van der Waals surface area contributed by atoms with E-state index >= 15 is 0 Å². The highest BCUT2D eigenvalue weighted by Gasteiger charge is 2.08. The van der Waals surface area contributed by atoms with Crippen LogP contribution < -0.4 is 10.1 Å². The van der Waals surface area contributed by atoms with Crippen molar-refractivity contribution in [2.24, 2.45) is 0 Å². The summed E-state index contributed by atoms with van der Waals surface area (Å²) in [5, 5.41) is 3.77. The van der Waals surface area contributed by atoms with Crippen molar-refractivity contribution in [3.05, 3.63) is 45.7 Å². The molecule has 0 spiro atoms. The van der Waals surface area contributed by atoms with Crippen molar-refractivity contribution in [1.82, 2.24) is 10.3 Å². The molecule has 0 aliphatic rings. The number of rotatable bonds is 6. The summed E-state index contributed by atoms with van der Waals surface area (Å²) in [5.41, 5.74) is 1.01. The molecule has 0 fully saturated rings. The molecule has 0 unspecified atom stereocenters. The quantitative estimate of drug-likeness (QED) is 0.892. The van der Waals surface area contributed by atoms with Gasteiger partial charge in [0.15, 0.2) is 18.2 Å². The molecule has 0 aliphatic carbocycles. The number of hydrogen-bond donors (Lipinski definition) is 1. The maximum absolute atomic E-state index is 13.3. The van der Waals surface area contributed by atoms with Crippen molar-refractivity contribution < 1.29 is 13.9 Å². The minimum absolute atomic E-state index is 0.0848. The topological polar surface area (TPSA) is 51.2 Å². The fraction of sp³-hybridized carbons (Fsp3) is 0.333. The van der Waals surface area contributed by atoms with Crippen LogP contribution in [-0.2, 0) is 11.2 Å². The van der Waals surface area contributed by atoms with Gasteiger partial charge in [0, 0.05) is 17.8 Å². The first-order valence-electron chi connectivity index (χ1n) is 6.63. The molecule has 2 rings (SSSR count). The summed E-state index contributed by atoms with van der Waals surface area (Å²) in [4.78, 5) is 17.1. The van der Waals surface area contributed by atoms with Gasteiger partial charge < -0.3 is 10.1 Å². The highest BCUT2D eigenvalue weighted by atomic mass is 32.1. The molecule has 0 saturated carbocycles. The Morgan fingerprint density at radius 1 is 1.38 bits per heavy atom. The number of amides is 1. The summed E-state index contributed by atoms with van der Waals surface area (Å²) in [6.45, 7) is 4.24. The lowest BCUT2D eigenvalue weighted by Gasteiger charge is -2.07. The zero-order valence-electron chi connectivity index (χ0n) is 12.0. The van der Waals surface area contributed by atoms with Crippen LogP contribution in [0.1, 0.15) is 15.6 Å². The van der Waals surface area contributed by atoms with E-state index in [4.69, 9.17) is 4.74 Å². The van der Waals surface area contributed by atoms with Crippen LogP contribution in [-0.4, -0.2) is 24.0 Å². The lowest BCUT2D eigenvalue weighted by atomic mass is 10.3. The number of ether oxygens (including phenoxy) is 1. The Morgan fingerprint density at radius 2 is 2.14 bits per heavy atom. The van der Waals surface area contributed by atoms with Crippen molar-refractivity contribution >= 4 is 17.2 Å².